The lowest BCUT2D eigenvalue weighted by atomic mass is 9.96. The van der Waals surface area contributed by atoms with Crippen LogP contribution in [0.15, 0.2) is 35.0 Å². The first-order chi connectivity index (χ1) is 16.0. The Kier molecular flexibility index (Phi) is 6.40. The van der Waals surface area contributed by atoms with Crippen molar-refractivity contribution < 1.29 is 18.5 Å². The summed E-state index contributed by atoms with van der Waals surface area (Å²) in [7, 11) is 0. The number of rotatable bonds is 6. The number of amides is 2. The molecular formula is C24H25ClFN5O3. The molecule has 1 atom stereocenters. The second-order valence-electron chi connectivity index (χ2n) is 9.42. The van der Waals surface area contributed by atoms with Gasteiger partial charge in [0.1, 0.15) is 11.6 Å². The van der Waals surface area contributed by atoms with Gasteiger partial charge in [0.2, 0.25) is 5.91 Å². The lowest BCUT2D eigenvalue weighted by Gasteiger charge is -2.16. The van der Waals surface area contributed by atoms with Crippen molar-refractivity contribution >= 4 is 29.2 Å². The predicted molar refractivity (Wildman–Crippen MR) is 125 cm³/mol. The molecule has 3 aromatic rings. The molecule has 0 radical (unpaired) electrons. The molecule has 1 fully saturated rings. The number of pyridine rings is 1. The molecule has 8 nitrogen and oxygen atoms in total. The fraction of sp³-hybridized carbons (Fsp3) is 0.375. The molecule has 2 N–H and O–H groups in total. The van der Waals surface area contributed by atoms with Crippen LogP contribution in [-0.2, 0) is 10.2 Å². The molecule has 0 saturated heterocycles. The maximum Gasteiger partial charge on any atom is 0.315 e. The molecule has 178 valence electrons. The average Bonchev–Trinajstić information content (AvgIpc) is 3.50. The third-order valence-electron chi connectivity index (χ3n) is 5.46. The van der Waals surface area contributed by atoms with E-state index < -0.39 is 17.8 Å². The van der Waals surface area contributed by atoms with Gasteiger partial charge in [-0.2, -0.15) is 4.98 Å². The predicted octanol–water partition coefficient (Wildman–Crippen LogP) is 5.06. The van der Waals surface area contributed by atoms with Crippen LogP contribution >= 0.6 is 11.6 Å². The number of halogens is 2. The van der Waals surface area contributed by atoms with E-state index in [0.717, 1.165) is 12.8 Å². The minimum absolute atomic E-state index is 0.0276. The molecule has 10 heteroatoms. The molecule has 1 saturated carbocycles. The van der Waals surface area contributed by atoms with Crippen molar-refractivity contribution in [3.63, 3.8) is 0 Å². The minimum atomic E-state index is -0.626. The highest BCUT2D eigenvalue weighted by Gasteiger charge is 2.30. The molecule has 2 aromatic heterocycles. The zero-order valence-corrected chi connectivity index (χ0v) is 20.0. The summed E-state index contributed by atoms with van der Waals surface area (Å²) in [6.07, 6.45) is 3.24. The first-order valence-corrected chi connectivity index (χ1v) is 11.3. The molecule has 2 amide bonds. The third-order valence-corrected chi connectivity index (χ3v) is 5.79. The second-order valence-corrected chi connectivity index (χ2v) is 9.82. The maximum absolute atomic E-state index is 15.1. The Hall–Kier alpha value is -3.33. The molecule has 0 bridgehead atoms. The highest BCUT2D eigenvalue weighted by molar-refractivity contribution is 6.31. The number of nitrogens with one attached hydrogen (secondary N) is 2. The zero-order chi connectivity index (χ0) is 24.6. The molecule has 1 aromatic carbocycles. The summed E-state index contributed by atoms with van der Waals surface area (Å²) in [6, 6.07) is 5.37. The summed E-state index contributed by atoms with van der Waals surface area (Å²) in [6.45, 7) is 7.38. The van der Waals surface area contributed by atoms with Gasteiger partial charge < -0.3 is 15.2 Å². The lowest BCUT2D eigenvalue weighted by Crippen LogP contribution is -2.27. The van der Waals surface area contributed by atoms with Gasteiger partial charge in [0.25, 0.3) is 0 Å². The molecule has 1 aliphatic carbocycles. The SMILES string of the molecule is C[C@@H](NC(=O)c1nc(C(C)(C)C)no1)c1cc(F)c(-c2ccnc(NC(=O)C3CC3)c2)cc1Cl. The van der Waals surface area contributed by atoms with E-state index in [2.05, 4.69) is 25.8 Å². The minimum Gasteiger partial charge on any atom is -0.341 e. The summed E-state index contributed by atoms with van der Waals surface area (Å²) in [5, 5.41) is 9.57. The molecule has 4 rings (SSSR count). The van der Waals surface area contributed by atoms with Crippen molar-refractivity contribution in [1.82, 2.24) is 20.4 Å². The van der Waals surface area contributed by atoms with Crippen LogP contribution in [-0.4, -0.2) is 26.9 Å². The van der Waals surface area contributed by atoms with Gasteiger partial charge in [-0.15, -0.1) is 0 Å². The first kappa shape index (κ1) is 23.8. The van der Waals surface area contributed by atoms with Gasteiger partial charge in [0.05, 0.1) is 6.04 Å². The maximum atomic E-state index is 15.1. The van der Waals surface area contributed by atoms with Gasteiger partial charge in [0.15, 0.2) is 5.82 Å². The van der Waals surface area contributed by atoms with E-state index in [1.54, 1.807) is 19.1 Å². The van der Waals surface area contributed by atoms with Crippen LogP contribution in [0.2, 0.25) is 5.02 Å². The van der Waals surface area contributed by atoms with Crippen LogP contribution in [0, 0.1) is 11.7 Å². The van der Waals surface area contributed by atoms with E-state index >= 15 is 4.39 Å². The van der Waals surface area contributed by atoms with Crippen LogP contribution < -0.4 is 10.6 Å². The molecule has 0 aliphatic heterocycles. The van der Waals surface area contributed by atoms with E-state index in [9.17, 15) is 9.59 Å². The molecular weight excluding hydrogens is 461 g/mol. The van der Waals surface area contributed by atoms with Gasteiger partial charge in [0, 0.05) is 28.1 Å². The van der Waals surface area contributed by atoms with Gasteiger partial charge in [-0.3, -0.25) is 9.59 Å². The lowest BCUT2D eigenvalue weighted by molar-refractivity contribution is -0.117. The Morgan fingerprint density at radius 3 is 2.62 bits per heavy atom. The Labute approximate surface area is 201 Å². The third kappa shape index (κ3) is 5.25. The van der Waals surface area contributed by atoms with Gasteiger partial charge in [-0.25, -0.2) is 9.37 Å². The van der Waals surface area contributed by atoms with Gasteiger partial charge in [-0.05, 0) is 55.2 Å². The molecule has 34 heavy (non-hydrogen) atoms. The van der Waals surface area contributed by atoms with E-state index in [4.69, 9.17) is 16.1 Å². The van der Waals surface area contributed by atoms with Crippen molar-refractivity contribution in [2.24, 2.45) is 5.92 Å². The van der Waals surface area contributed by atoms with E-state index in [1.165, 1.54) is 18.3 Å². The number of benzene rings is 1. The fourth-order valence-corrected chi connectivity index (χ4v) is 3.64. The molecule has 1 aliphatic rings. The number of nitrogens with zero attached hydrogens (tertiary/aromatic N) is 3. The number of hydrogen-bond acceptors (Lipinski definition) is 6. The highest BCUT2D eigenvalue weighted by Crippen LogP contribution is 2.33. The number of carbonyl (C=O) groups is 2. The smallest absolute Gasteiger partial charge is 0.315 e. The topological polar surface area (TPSA) is 110 Å². The van der Waals surface area contributed by atoms with Crippen LogP contribution in [0.25, 0.3) is 11.1 Å². The van der Waals surface area contributed by atoms with Crippen LogP contribution in [0.3, 0.4) is 0 Å². The highest BCUT2D eigenvalue weighted by atomic mass is 35.5. The van der Waals surface area contributed by atoms with Gasteiger partial charge >= 0.3 is 11.8 Å². The fourth-order valence-electron chi connectivity index (χ4n) is 3.31. The van der Waals surface area contributed by atoms with E-state index in [0.29, 0.717) is 22.8 Å². The summed E-state index contributed by atoms with van der Waals surface area (Å²) in [5.41, 5.74) is 0.791. The van der Waals surface area contributed by atoms with Crippen molar-refractivity contribution in [2.45, 2.75) is 52.0 Å². The van der Waals surface area contributed by atoms with Crippen LogP contribution in [0.4, 0.5) is 10.2 Å². The van der Waals surface area contributed by atoms with Crippen molar-refractivity contribution in [2.75, 3.05) is 5.32 Å². The zero-order valence-electron chi connectivity index (χ0n) is 19.3. The monoisotopic (exact) mass is 485 g/mol. The van der Waals surface area contributed by atoms with Gasteiger partial charge in [-0.1, -0.05) is 37.5 Å². The Bertz CT molecular complexity index is 1250. The van der Waals surface area contributed by atoms with Crippen LogP contribution in [0.5, 0.6) is 0 Å². The van der Waals surface area contributed by atoms with E-state index in [-0.39, 0.29) is 33.7 Å². The summed E-state index contributed by atoms with van der Waals surface area (Å²) in [4.78, 5) is 32.8. The van der Waals surface area contributed by atoms with Crippen LogP contribution in [0.1, 0.15) is 68.7 Å². The molecule has 2 heterocycles. The largest absolute Gasteiger partial charge is 0.341 e. The van der Waals surface area contributed by atoms with Crippen molar-refractivity contribution in [1.29, 1.82) is 0 Å². The number of hydrogen-bond donors (Lipinski definition) is 2. The summed E-state index contributed by atoms with van der Waals surface area (Å²) < 4.78 is 20.1. The summed E-state index contributed by atoms with van der Waals surface area (Å²) >= 11 is 6.46. The number of anilines is 1. The number of aromatic nitrogens is 3. The van der Waals surface area contributed by atoms with Crippen molar-refractivity contribution in [3.05, 3.63) is 58.6 Å². The van der Waals surface area contributed by atoms with Crippen molar-refractivity contribution in [3.8, 4) is 11.1 Å². The van der Waals surface area contributed by atoms with E-state index in [1.807, 2.05) is 20.8 Å². The quantitative estimate of drug-likeness (QED) is 0.505. The molecule has 0 unspecified atom stereocenters. The summed E-state index contributed by atoms with van der Waals surface area (Å²) in [5.74, 6) is -0.589. The Morgan fingerprint density at radius 2 is 1.97 bits per heavy atom. The first-order valence-electron chi connectivity index (χ1n) is 10.9. The molecule has 0 spiro atoms. The Balaban J connectivity index is 1.51. The normalized spacial score (nSPS) is 14.5. The second kappa shape index (κ2) is 9.13. The number of carbonyl (C=O) groups excluding carboxylic acids is 2. The Morgan fingerprint density at radius 1 is 1.24 bits per heavy atom. The average molecular weight is 486 g/mol. The standard InChI is InChI=1S/C24H25ClFN5O3/c1-12(28-21(33)22-30-23(31-34-22)24(2,3)4)15-11-18(26)16(10-17(15)25)14-7-8-27-19(9-14)29-20(32)13-5-6-13/h7-13H,5-6H2,1-4H3,(H,28,33)(H,27,29,32)/t12-/m1/s1.